The summed E-state index contributed by atoms with van der Waals surface area (Å²) in [6, 6.07) is 11.4. The highest BCUT2D eigenvalue weighted by Crippen LogP contribution is 2.23. The highest BCUT2D eigenvalue weighted by molar-refractivity contribution is 7.92. The van der Waals surface area contributed by atoms with Gasteiger partial charge >= 0.3 is 0 Å². The Hall–Kier alpha value is -3.53. The molecule has 0 atom stereocenters. The van der Waals surface area contributed by atoms with Crippen LogP contribution in [0, 0.1) is 13.8 Å². The summed E-state index contributed by atoms with van der Waals surface area (Å²) < 4.78 is 27.9. The summed E-state index contributed by atoms with van der Waals surface area (Å²) in [5, 5.41) is 3.14. The van der Waals surface area contributed by atoms with Crippen molar-refractivity contribution in [2.45, 2.75) is 38.0 Å². The molecule has 4 rings (SSSR count). The fourth-order valence-corrected chi connectivity index (χ4v) is 4.69. The van der Waals surface area contributed by atoms with Crippen molar-refractivity contribution in [3.63, 3.8) is 0 Å². The van der Waals surface area contributed by atoms with E-state index in [-0.39, 0.29) is 16.8 Å². The average Bonchev–Trinajstić information content (AvgIpc) is 2.79. The molecule has 0 saturated carbocycles. The van der Waals surface area contributed by atoms with E-state index < -0.39 is 10.0 Å². The number of benzene rings is 1. The number of pyridine rings is 1. The van der Waals surface area contributed by atoms with Crippen LogP contribution >= 0.6 is 0 Å². The van der Waals surface area contributed by atoms with Crippen LogP contribution in [0.15, 0.2) is 53.6 Å². The molecule has 1 fully saturated rings. The van der Waals surface area contributed by atoms with Gasteiger partial charge in [-0.15, -0.1) is 0 Å². The second kappa shape index (κ2) is 9.53. The smallest absolute Gasteiger partial charge is 0.264 e. The summed E-state index contributed by atoms with van der Waals surface area (Å²) in [6.45, 7) is 5.04. The average molecular weight is 467 g/mol. The number of nitrogens with zero attached hydrogens (tertiary/aromatic N) is 4. The topological polar surface area (TPSA) is 117 Å². The summed E-state index contributed by atoms with van der Waals surface area (Å²) in [4.78, 5) is 27.5. The highest BCUT2D eigenvalue weighted by Gasteiger charge is 2.22. The predicted molar refractivity (Wildman–Crippen MR) is 126 cm³/mol. The first kappa shape index (κ1) is 22.7. The Morgan fingerprint density at radius 3 is 2.30 bits per heavy atom. The third-order valence-electron chi connectivity index (χ3n) is 5.32. The number of hydrogen-bond donors (Lipinski definition) is 2. The molecule has 1 saturated heterocycles. The maximum atomic E-state index is 13.0. The minimum atomic E-state index is -3.85. The summed E-state index contributed by atoms with van der Waals surface area (Å²) in [7, 11) is -3.85. The Morgan fingerprint density at radius 1 is 0.970 bits per heavy atom. The number of nitrogens with one attached hydrogen (secondary N) is 2. The molecule has 1 aromatic carbocycles. The number of aromatic nitrogens is 3. The SMILES string of the molecule is Cc1cc(C)nc(NS(=O)(=O)c2ccc(Nc3ncccc3C(=O)N3CCCCC3)cc2)n1. The van der Waals surface area contributed by atoms with E-state index in [0.717, 1.165) is 32.4 Å². The van der Waals surface area contributed by atoms with Gasteiger partial charge in [0.1, 0.15) is 5.82 Å². The van der Waals surface area contributed by atoms with Gasteiger partial charge in [-0.2, -0.15) is 0 Å². The molecule has 1 aliphatic rings. The Balaban J connectivity index is 1.51. The van der Waals surface area contributed by atoms with Crippen LogP contribution in [-0.2, 0) is 10.0 Å². The van der Waals surface area contributed by atoms with Gasteiger partial charge in [0.15, 0.2) is 0 Å². The lowest BCUT2D eigenvalue weighted by atomic mass is 10.1. The monoisotopic (exact) mass is 466 g/mol. The normalized spacial score (nSPS) is 14.1. The molecule has 172 valence electrons. The number of likely N-dealkylation sites (tertiary alicyclic amines) is 1. The zero-order valence-electron chi connectivity index (χ0n) is 18.6. The van der Waals surface area contributed by atoms with Crippen LogP contribution in [0.25, 0.3) is 0 Å². The number of piperidine rings is 1. The Bertz CT molecular complexity index is 1240. The van der Waals surface area contributed by atoms with Crippen molar-refractivity contribution in [3.05, 3.63) is 65.6 Å². The molecule has 2 N–H and O–H groups in total. The first-order valence-corrected chi connectivity index (χ1v) is 12.3. The third-order valence-corrected chi connectivity index (χ3v) is 6.66. The second-order valence-corrected chi connectivity index (χ2v) is 9.66. The fraction of sp³-hybridized carbons (Fsp3) is 0.304. The number of sulfonamides is 1. The second-order valence-electron chi connectivity index (χ2n) is 7.98. The fourth-order valence-electron chi connectivity index (χ4n) is 3.75. The molecule has 0 unspecified atom stereocenters. The molecule has 1 amide bonds. The molecule has 0 spiro atoms. The van der Waals surface area contributed by atoms with Crippen LogP contribution in [0.1, 0.15) is 41.0 Å². The molecular weight excluding hydrogens is 440 g/mol. The molecule has 0 radical (unpaired) electrons. The minimum absolute atomic E-state index is 0.0315. The number of rotatable bonds is 6. The van der Waals surface area contributed by atoms with E-state index in [4.69, 9.17) is 0 Å². The number of amides is 1. The molecule has 3 heterocycles. The van der Waals surface area contributed by atoms with E-state index in [2.05, 4.69) is 25.0 Å². The number of aryl methyl sites for hydroxylation is 2. The quantitative estimate of drug-likeness (QED) is 0.569. The van der Waals surface area contributed by atoms with Crippen molar-refractivity contribution in [2.75, 3.05) is 23.1 Å². The maximum absolute atomic E-state index is 13.0. The third kappa shape index (κ3) is 5.46. The van der Waals surface area contributed by atoms with Crippen molar-refractivity contribution in [1.29, 1.82) is 0 Å². The van der Waals surface area contributed by atoms with Crippen LogP contribution in [0.3, 0.4) is 0 Å². The van der Waals surface area contributed by atoms with Crippen LogP contribution in [0.4, 0.5) is 17.5 Å². The van der Waals surface area contributed by atoms with Crippen molar-refractivity contribution in [3.8, 4) is 0 Å². The lowest BCUT2D eigenvalue weighted by Crippen LogP contribution is -2.36. The van der Waals surface area contributed by atoms with Crippen LogP contribution in [0.5, 0.6) is 0 Å². The Morgan fingerprint density at radius 2 is 1.64 bits per heavy atom. The van der Waals surface area contributed by atoms with E-state index in [0.29, 0.717) is 28.5 Å². The van der Waals surface area contributed by atoms with E-state index >= 15 is 0 Å². The van der Waals surface area contributed by atoms with Crippen molar-refractivity contribution >= 4 is 33.4 Å². The lowest BCUT2D eigenvalue weighted by Gasteiger charge is -2.27. The van der Waals surface area contributed by atoms with Gasteiger partial charge in [-0.05, 0) is 75.6 Å². The summed E-state index contributed by atoms with van der Waals surface area (Å²) in [5.74, 6) is 0.414. The van der Waals surface area contributed by atoms with Gasteiger partial charge in [-0.1, -0.05) is 0 Å². The van der Waals surface area contributed by atoms with Crippen molar-refractivity contribution in [1.82, 2.24) is 19.9 Å². The van der Waals surface area contributed by atoms with Gasteiger partial charge in [-0.25, -0.2) is 28.1 Å². The molecule has 33 heavy (non-hydrogen) atoms. The predicted octanol–water partition coefficient (Wildman–Crippen LogP) is 3.66. The zero-order chi connectivity index (χ0) is 23.4. The maximum Gasteiger partial charge on any atom is 0.264 e. The van der Waals surface area contributed by atoms with Gasteiger partial charge in [-0.3, -0.25) is 4.79 Å². The summed E-state index contributed by atoms with van der Waals surface area (Å²) in [6.07, 6.45) is 4.77. The number of hydrogen-bond acceptors (Lipinski definition) is 7. The standard InChI is InChI=1S/C23H26N6O3S/c1-16-15-17(2)26-23(25-16)28-33(31,32)19-10-8-18(9-11-19)27-21-20(7-6-12-24-21)22(30)29-13-4-3-5-14-29/h6-12,15H,3-5,13-14H2,1-2H3,(H,24,27)(H,25,26,28). The molecular formula is C23H26N6O3S. The van der Waals surface area contributed by atoms with E-state index in [9.17, 15) is 13.2 Å². The van der Waals surface area contributed by atoms with Gasteiger partial charge < -0.3 is 10.2 Å². The number of carbonyl (C=O) groups excluding carboxylic acids is 1. The van der Waals surface area contributed by atoms with Crippen LogP contribution < -0.4 is 10.0 Å². The van der Waals surface area contributed by atoms with Gasteiger partial charge in [0.05, 0.1) is 10.5 Å². The largest absolute Gasteiger partial charge is 0.340 e. The Kier molecular flexibility index (Phi) is 6.55. The minimum Gasteiger partial charge on any atom is -0.340 e. The highest BCUT2D eigenvalue weighted by atomic mass is 32.2. The first-order chi connectivity index (χ1) is 15.8. The summed E-state index contributed by atoms with van der Waals surface area (Å²) in [5.41, 5.74) is 2.45. The first-order valence-electron chi connectivity index (χ1n) is 10.8. The zero-order valence-corrected chi connectivity index (χ0v) is 19.4. The molecule has 0 bridgehead atoms. The Labute approximate surface area is 193 Å². The van der Waals surface area contributed by atoms with Gasteiger partial charge in [0, 0.05) is 36.4 Å². The molecule has 2 aromatic heterocycles. The van der Waals surface area contributed by atoms with E-state index in [1.54, 1.807) is 50.4 Å². The van der Waals surface area contributed by atoms with Gasteiger partial charge in [0.25, 0.3) is 15.9 Å². The molecule has 1 aliphatic heterocycles. The van der Waals surface area contributed by atoms with E-state index in [1.165, 1.54) is 12.1 Å². The van der Waals surface area contributed by atoms with Crippen molar-refractivity contribution in [2.24, 2.45) is 0 Å². The van der Waals surface area contributed by atoms with Crippen molar-refractivity contribution < 1.29 is 13.2 Å². The molecule has 10 heteroatoms. The number of carbonyl (C=O) groups is 1. The van der Waals surface area contributed by atoms with Crippen LogP contribution in [-0.4, -0.2) is 47.3 Å². The molecule has 0 aliphatic carbocycles. The molecule has 9 nitrogen and oxygen atoms in total. The van der Waals surface area contributed by atoms with E-state index in [1.807, 2.05) is 4.90 Å². The molecule has 3 aromatic rings. The van der Waals surface area contributed by atoms with Gasteiger partial charge in [0.2, 0.25) is 5.95 Å². The summed E-state index contributed by atoms with van der Waals surface area (Å²) >= 11 is 0. The lowest BCUT2D eigenvalue weighted by molar-refractivity contribution is 0.0725. The van der Waals surface area contributed by atoms with Crippen LogP contribution in [0.2, 0.25) is 0 Å². The number of anilines is 3.